The Labute approximate surface area is 125 Å². The number of carbonyl (C=O) groups is 2. The van der Waals surface area contributed by atoms with Crippen molar-refractivity contribution in [3.63, 3.8) is 0 Å². The van der Waals surface area contributed by atoms with E-state index in [0.717, 1.165) is 0 Å². The summed E-state index contributed by atoms with van der Waals surface area (Å²) in [4.78, 5) is 21.4. The first-order valence-corrected chi connectivity index (χ1v) is 5.40. The maximum atomic E-state index is 13.8. The molecule has 13 heteroatoms. The van der Waals surface area contributed by atoms with Gasteiger partial charge in [-0.2, -0.15) is 13.2 Å². The quantitative estimate of drug-likeness (QED) is 0.629. The average Bonchev–Trinajstić information content (AvgIpc) is 2.39. The summed E-state index contributed by atoms with van der Waals surface area (Å²) < 4.78 is 117. The molecule has 24 heavy (non-hydrogen) atoms. The van der Waals surface area contributed by atoms with Crippen molar-refractivity contribution in [2.24, 2.45) is 0 Å². The highest BCUT2D eigenvalue weighted by Crippen LogP contribution is 2.49. The lowest BCUT2D eigenvalue weighted by Crippen LogP contribution is -2.46. The normalized spacial score (nSPS) is 14.6. The first-order valence-electron chi connectivity index (χ1n) is 5.40. The molecule has 1 unspecified atom stereocenters. The van der Waals surface area contributed by atoms with Gasteiger partial charge in [-0.1, -0.05) is 0 Å². The van der Waals surface area contributed by atoms with Gasteiger partial charge in [0.15, 0.2) is 11.6 Å². The second-order valence-electron chi connectivity index (χ2n) is 4.19. The van der Waals surface area contributed by atoms with Gasteiger partial charge in [0.25, 0.3) is 12.1 Å². The van der Waals surface area contributed by atoms with Crippen molar-refractivity contribution in [1.29, 1.82) is 0 Å². The lowest BCUT2D eigenvalue weighted by molar-refractivity contribution is -0.276. The highest BCUT2D eigenvalue weighted by Gasteiger charge is 2.67. The number of carboxylic acid groups (broad SMARTS) is 2. The summed E-state index contributed by atoms with van der Waals surface area (Å²) in [6.07, 6.45) is -11.9. The minimum absolute atomic E-state index is 2.29. The van der Waals surface area contributed by atoms with Crippen LogP contribution in [-0.4, -0.2) is 34.8 Å². The summed E-state index contributed by atoms with van der Waals surface area (Å²) in [6, 6.07) is 0. The Morgan fingerprint density at radius 3 is 1.46 bits per heavy atom. The molecule has 0 fully saturated rings. The zero-order valence-electron chi connectivity index (χ0n) is 10.7. The van der Waals surface area contributed by atoms with Crippen LogP contribution in [0.4, 0.5) is 39.5 Å². The summed E-state index contributed by atoms with van der Waals surface area (Å²) >= 11 is 0. The molecule has 4 nitrogen and oxygen atoms in total. The van der Waals surface area contributed by atoms with Gasteiger partial charge in [-0.05, 0) is 0 Å². The summed E-state index contributed by atoms with van der Waals surface area (Å²) in [7, 11) is 0. The fourth-order valence-electron chi connectivity index (χ4n) is 1.76. The summed E-state index contributed by atoms with van der Waals surface area (Å²) in [5.74, 6) is -14.7. The molecule has 0 aliphatic rings. The molecule has 1 aromatic rings. The van der Waals surface area contributed by atoms with E-state index in [9.17, 15) is 49.1 Å². The number of halogens is 9. The summed E-state index contributed by atoms with van der Waals surface area (Å²) in [6.45, 7) is 0. The molecule has 0 saturated heterocycles. The van der Waals surface area contributed by atoms with Crippen LogP contribution in [0.25, 0.3) is 0 Å². The zero-order chi connectivity index (χ0) is 19.2. The third kappa shape index (κ3) is 2.63. The second kappa shape index (κ2) is 5.87. The molecule has 2 N–H and O–H groups in total. The van der Waals surface area contributed by atoms with Gasteiger partial charge < -0.3 is 10.2 Å². The number of rotatable bonds is 4. The standard InChI is InChI=1S/C11H3F9O4/c12-4-1(7(21)22)2(8(23)24)5(13)6(14)3(4)10(17,9(15)16)11(18,19)20/h9H,(H,21,22)(H,23,24). The van der Waals surface area contributed by atoms with Crippen LogP contribution in [0.2, 0.25) is 0 Å². The molecule has 0 aliphatic heterocycles. The van der Waals surface area contributed by atoms with E-state index >= 15 is 0 Å². The first kappa shape index (κ1) is 19.6. The van der Waals surface area contributed by atoms with E-state index in [4.69, 9.17) is 10.2 Å². The highest BCUT2D eigenvalue weighted by atomic mass is 19.4. The minimum Gasteiger partial charge on any atom is -0.478 e. The van der Waals surface area contributed by atoms with Gasteiger partial charge in [0.1, 0.15) is 16.9 Å². The van der Waals surface area contributed by atoms with Crippen LogP contribution in [-0.2, 0) is 5.67 Å². The van der Waals surface area contributed by atoms with E-state index in [1.54, 1.807) is 0 Å². The molecule has 1 rings (SSSR count). The molecular formula is C11H3F9O4. The Morgan fingerprint density at radius 2 is 1.17 bits per heavy atom. The molecule has 0 spiro atoms. The third-order valence-electron chi connectivity index (χ3n) is 2.83. The van der Waals surface area contributed by atoms with Crippen molar-refractivity contribution >= 4 is 11.9 Å². The van der Waals surface area contributed by atoms with Gasteiger partial charge in [-0.15, -0.1) is 0 Å². The van der Waals surface area contributed by atoms with E-state index in [1.165, 1.54) is 0 Å². The topological polar surface area (TPSA) is 74.6 Å². The maximum absolute atomic E-state index is 13.8. The molecule has 0 saturated carbocycles. The fraction of sp³-hybridized carbons (Fsp3) is 0.273. The molecule has 0 heterocycles. The number of carboxylic acids is 2. The molecule has 1 aromatic carbocycles. The van der Waals surface area contributed by atoms with Crippen molar-refractivity contribution in [2.45, 2.75) is 18.3 Å². The van der Waals surface area contributed by atoms with Crippen LogP contribution in [0, 0.1) is 17.5 Å². The number of alkyl halides is 6. The van der Waals surface area contributed by atoms with Gasteiger partial charge in [0.2, 0.25) is 0 Å². The van der Waals surface area contributed by atoms with Gasteiger partial charge in [-0.25, -0.2) is 35.9 Å². The van der Waals surface area contributed by atoms with Gasteiger partial charge in [0.05, 0.1) is 5.56 Å². The van der Waals surface area contributed by atoms with Gasteiger partial charge >= 0.3 is 18.1 Å². The second-order valence-corrected chi connectivity index (χ2v) is 4.19. The van der Waals surface area contributed by atoms with Gasteiger partial charge in [-0.3, -0.25) is 0 Å². The smallest absolute Gasteiger partial charge is 0.432 e. The Morgan fingerprint density at radius 1 is 0.792 bits per heavy atom. The fourth-order valence-corrected chi connectivity index (χ4v) is 1.76. The molecule has 0 radical (unpaired) electrons. The van der Waals surface area contributed by atoms with Crippen molar-refractivity contribution in [3.8, 4) is 0 Å². The lowest BCUT2D eigenvalue weighted by Gasteiger charge is -2.28. The number of hydrogen-bond donors (Lipinski definition) is 2. The van der Waals surface area contributed by atoms with E-state index in [1.807, 2.05) is 0 Å². The molecule has 0 amide bonds. The van der Waals surface area contributed by atoms with Gasteiger partial charge in [0, 0.05) is 0 Å². The van der Waals surface area contributed by atoms with E-state index in [2.05, 4.69) is 0 Å². The van der Waals surface area contributed by atoms with Crippen LogP contribution >= 0.6 is 0 Å². The molecule has 1 atom stereocenters. The predicted molar refractivity (Wildman–Crippen MR) is 55.1 cm³/mol. The Hall–Kier alpha value is -2.47. The minimum atomic E-state index is -6.68. The van der Waals surface area contributed by atoms with Crippen molar-refractivity contribution in [1.82, 2.24) is 0 Å². The third-order valence-corrected chi connectivity index (χ3v) is 2.83. The van der Waals surface area contributed by atoms with Crippen LogP contribution < -0.4 is 0 Å². The van der Waals surface area contributed by atoms with Crippen molar-refractivity contribution in [3.05, 3.63) is 34.1 Å². The number of benzene rings is 1. The van der Waals surface area contributed by atoms with E-state index in [0.29, 0.717) is 0 Å². The van der Waals surface area contributed by atoms with Crippen LogP contribution in [0.3, 0.4) is 0 Å². The monoisotopic (exact) mass is 370 g/mol. The molecule has 0 aromatic heterocycles. The predicted octanol–water partition coefficient (Wildman–Crippen LogP) is 3.49. The first-order chi connectivity index (χ1) is 10.7. The Kier molecular flexibility index (Phi) is 4.79. The van der Waals surface area contributed by atoms with E-state index < -0.39 is 64.4 Å². The maximum Gasteiger partial charge on any atom is 0.432 e. The van der Waals surface area contributed by atoms with Crippen molar-refractivity contribution < 1.29 is 59.3 Å². The van der Waals surface area contributed by atoms with Crippen LogP contribution in [0.1, 0.15) is 26.3 Å². The largest absolute Gasteiger partial charge is 0.478 e. The molecule has 134 valence electrons. The Balaban J connectivity index is 4.13. The van der Waals surface area contributed by atoms with Crippen LogP contribution in [0.5, 0.6) is 0 Å². The van der Waals surface area contributed by atoms with E-state index in [-0.39, 0.29) is 0 Å². The zero-order valence-corrected chi connectivity index (χ0v) is 10.7. The highest BCUT2D eigenvalue weighted by molar-refractivity contribution is 6.02. The summed E-state index contributed by atoms with van der Waals surface area (Å²) in [5.41, 5.74) is -14.1. The lowest BCUT2D eigenvalue weighted by atomic mass is 9.89. The van der Waals surface area contributed by atoms with Crippen LogP contribution in [0.15, 0.2) is 0 Å². The molecular weight excluding hydrogens is 367 g/mol. The summed E-state index contributed by atoms with van der Waals surface area (Å²) in [5, 5.41) is 17.1. The number of hydrogen-bond acceptors (Lipinski definition) is 2. The number of aromatic carboxylic acids is 2. The van der Waals surface area contributed by atoms with Crippen molar-refractivity contribution in [2.75, 3.05) is 0 Å². The molecule has 0 bridgehead atoms. The average molecular weight is 370 g/mol. The molecule has 0 aliphatic carbocycles. The SMILES string of the molecule is O=C(O)c1c(F)c(F)c(C(F)(C(F)F)C(F)(F)F)c(F)c1C(=O)O. The Bertz CT molecular complexity index is 713.